The van der Waals surface area contributed by atoms with Crippen LogP contribution in [0.25, 0.3) is 16.8 Å². The maximum atomic E-state index is 10.4. The number of hydrogen-bond donors (Lipinski definition) is 2. The predicted octanol–water partition coefficient (Wildman–Crippen LogP) is 4.41. The zero-order valence-corrected chi connectivity index (χ0v) is 16.5. The van der Waals surface area contributed by atoms with Gasteiger partial charge in [0, 0.05) is 17.0 Å². The van der Waals surface area contributed by atoms with Gasteiger partial charge in [-0.15, -0.1) is 11.3 Å². The molecule has 5 nitrogen and oxygen atoms in total. The van der Waals surface area contributed by atoms with E-state index in [0.717, 1.165) is 16.1 Å². The second kappa shape index (κ2) is 7.60. The van der Waals surface area contributed by atoms with Crippen LogP contribution in [0.1, 0.15) is 29.3 Å². The van der Waals surface area contributed by atoms with Crippen LogP contribution in [0.4, 0.5) is 0 Å². The molecule has 138 valence electrons. The van der Waals surface area contributed by atoms with Gasteiger partial charge in [-0.3, -0.25) is 5.41 Å². The van der Waals surface area contributed by atoms with Crippen molar-refractivity contribution in [3.8, 4) is 11.3 Å². The molecule has 1 aromatic heterocycles. The number of benzene rings is 1. The molecule has 2 N–H and O–H groups in total. The van der Waals surface area contributed by atoms with Crippen molar-refractivity contribution in [2.75, 3.05) is 19.7 Å². The molecule has 0 saturated carbocycles. The quantitative estimate of drug-likeness (QED) is 0.789. The van der Waals surface area contributed by atoms with E-state index in [1.165, 1.54) is 16.9 Å². The third-order valence-corrected chi connectivity index (χ3v) is 5.32. The number of aryl methyl sites for hydroxylation is 2. The van der Waals surface area contributed by atoms with E-state index in [2.05, 4.69) is 31.2 Å². The average molecular weight is 372 g/mol. The van der Waals surface area contributed by atoms with Crippen molar-refractivity contribution < 1.29 is 9.84 Å². The van der Waals surface area contributed by atoms with Crippen molar-refractivity contribution in [3.05, 3.63) is 45.5 Å². The molecule has 0 bridgehead atoms. The van der Waals surface area contributed by atoms with Gasteiger partial charge in [0.05, 0.1) is 30.5 Å². The third kappa shape index (κ3) is 3.81. The standard InChI is InChI=1S/C20H25N3O2S/c1-12(2)25-10-9-23-11-16(24)17(19(23)21)20-22-18(14(4)26-20)15-7-5-13(3)6-8-15/h5-8,12,21,24H,9-11H2,1-4H3. The number of aromatic nitrogens is 1. The van der Waals surface area contributed by atoms with E-state index in [4.69, 9.17) is 15.1 Å². The second-order valence-electron chi connectivity index (χ2n) is 6.80. The first-order valence-electron chi connectivity index (χ1n) is 8.79. The van der Waals surface area contributed by atoms with Crippen LogP contribution in [0.2, 0.25) is 0 Å². The molecule has 0 amide bonds. The van der Waals surface area contributed by atoms with Crippen LogP contribution in [-0.4, -0.2) is 46.6 Å². The molecule has 0 radical (unpaired) electrons. The van der Waals surface area contributed by atoms with Crippen LogP contribution in [-0.2, 0) is 4.74 Å². The summed E-state index contributed by atoms with van der Waals surface area (Å²) in [5.41, 5.74) is 3.72. The average Bonchev–Trinajstić information content (AvgIpc) is 3.08. The Morgan fingerprint density at radius 2 is 1.96 bits per heavy atom. The summed E-state index contributed by atoms with van der Waals surface area (Å²) in [6, 6.07) is 8.26. The smallest absolute Gasteiger partial charge is 0.135 e. The largest absolute Gasteiger partial charge is 0.510 e. The van der Waals surface area contributed by atoms with E-state index < -0.39 is 0 Å². The normalized spacial score (nSPS) is 14.8. The molecule has 0 spiro atoms. The maximum Gasteiger partial charge on any atom is 0.135 e. The van der Waals surface area contributed by atoms with Crippen molar-refractivity contribution in [2.24, 2.45) is 0 Å². The first kappa shape index (κ1) is 18.6. The number of nitrogens with one attached hydrogen (secondary N) is 1. The van der Waals surface area contributed by atoms with E-state index in [1.54, 1.807) is 0 Å². The monoisotopic (exact) mass is 371 g/mol. The lowest BCUT2D eigenvalue weighted by molar-refractivity contribution is 0.0705. The zero-order valence-electron chi connectivity index (χ0n) is 15.7. The number of aliphatic hydroxyl groups excluding tert-OH is 1. The fourth-order valence-electron chi connectivity index (χ4n) is 2.93. The van der Waals surface area contributed by atoms with Gasteiger partial charge in [-0.25, -0.2) is 4.98 Å². The van der Waals surface area contributed by atoms with Gasteiger partial charge in [0.2, 0.25) is 0 Å². The number of thiazole rings is 1. The van der Waals surface area contributed by atoms with Crippen LogP contribution < -0.4 is 0 Å². The molecule has 0 saturated heterocycles. The topological polar surface area (TPSA) is 69.4 Å². The Hall–Kier alpha value is -2.18. The lowest BCUT2D eigenvalue weighted by Crippen LogP contribution is -2.30. The lowest BCUT2D eigenvalue weighted by Gasteiger charge is -2.19. The summed E-state index contributed by atoms with van der Waals surface area (Å²) in [5, 5.41) is 19.6. The molecular formula is C20H25N3O2S. The molecule has 0 unspecified atom stereocenters. The molecule has 0 atom stereocenters. The van der Waals surface area contributed by atoms with Crippen molar-refractivity contribution in [2.45, 2.75) is 33.8 Å². The fourth-order valence-corrected chi connectivity index (χ4v) is 3.93. The summed E-state index contributed by atoms with van der Waals surface area (Å²) in [6.45, 7) is 9.52. The van der Waals surface area contributed by atoms with Crippen LogP contribution in [0.3, 0.4) is 0 Å². The Balaban J connectivity index is 1.81. The van der Waals surface area contributed by atoms with Gasteiger partial charge in [0.25, 0.3) is 0 Å². The second-order valence-corrected chi connectivity index (χ2v) is 8.00. The van der Waals surface area contributed by atoms with E-state index >= 15 is 0 Å². The molecule has 1 aliphatic heterocycles. The lowest BCUT2D eigenvalue weighted by atomic mass is 10.1. The summed E-state index contributed by atoms with van der Waals surface area (Å²) in [7, 11) is 0. The summed E-state index contributed by atoms with van der Waals surface area (Å²) < 4.78 is 5.57. The minimum atomic E-state index is 0.159. The predicted molar refractivity (Wildman–Crippen MR) is 107 cm³/mol. The summed E-state index contributed by atoms with van der Waals surface area (Å²) in [4.78, 5) is 7.65. The number of aliphatic hydroxyl groups is 1. The van der Waals surface area contributed by atoms with Crippen molar-refractivity contribution in [1.29, 1.82) is 5.41 Å². The molecule has 0 fully saturated rings. The van der Waals surface area contributed by atoms with Crippen LogP contribution in [0, 0.1) is 19.3 Å². The minimum Gasteiger partial charge on any atom is -0.510 e. The van der Waals surface area contributed by atoms with Gasteiger partial charge in [-0.2, -0.15) is 0 Å². The van der Waals surface area contributed by atoms with E-state index in [0.29, 0.717) is 36.1 Å². The molecule has 0 aliphatic carbocycles. The van der Waals surface area contributed by atoms with Gasteiger partial charge in [0.15, 0.2) is 0 Å². The molecule has 2 heterocycles. The highest BCUT2D eigenvalue weighted by Crippen LogP contribution is 2.35. The Morgan fingerprint density at radius 3 is 2.62 bits per heavy atom. The third-order valence-electron chi connectivity index (χ3n) is 4.33. The van der Waals surface area contributed by atoms with E-state index in [-0.39, 0.29) is 11.9 Å². The number of ether oxygens (including phenoxy) is 1. The first-order chi connectivity index (χ1) is 12.4. The molecule has 2 aromatic rings. The maximum absolute atomic E-state index is 10.4. The highest BCUT2D eigenvalue weighted by atomic mass is 32.1. The number of nitrogens with zero attached hydrogens (tertiary/aromatic N) is 2. The van der Waals surface area contributed by atoms with Crippen molar-refractivity contribution >= 4 is 22.7 Å². The molecule has 26 heavy (non-hydrogen) atoms. The van der Waals surface area contributed by atoms with Crippen LogP contribution in [0.5, 0.6) is 0 Å². The van der Waals surface area contributed by atoms with Gasteiger partial charge in [0.1, 0.15) is 16.6 Å². The first-order valence-corrected chi connectivity index (χ1v) is 9.61. The Morgan fingerprint density at radius 1 is 1.27 bits per heavy atom. The number of rotatable bonds is 6. The van der Waals surface area contributed by atoms with Crippen molar-refractivity contribution in [3.63, 3.8) is 0 Å². The number of amidine groups is 1. The van der Waals surface area contributed by atoms with Gasteiger partial charge in [-0.1, -0.05) is 29.8 Å². The molecule has 1 aromatic carbocycles. The highest BCUT2D eigenvalue weighted by molar-refractivity contribution is 7.13. The summed E-state index contributed by atoms with van der Waals surface area (Å²) in [6.07, 6.45) is 0.159. The van der Waals surface area contributed by atoms with Crippen LogP contribution in [0.15, 0.2) is 30.0 Å². The van der Waals surface area contributed by atoms with Gasteiger partial charge >= 0.3 is 0 Å². The highest BCUT2D eigenvalue weighted by Gasteiger charge is 2.30. The number of hydrogen-bond acceptors (Lipinski definition) is 5. The Labute approximate surface area is 158 Å². The Bertz CT molecular complexity index is 837. The van der Waals surface area contributed by atoms with E-state index in [1.807, 2.05) is 25.7 Å². The van der Waals surface area contributed by atoms with Crippen molar-refractivity contribution in [1.82, 2.24) is 9.88 Å². The van der Waals surface area contributed by atoms with E-state index in [9.17, 15) is 5.11 Å². The zero-order chi connectivity index (χ0) is 18.8. The molecule has 6 heteroatoms. The molecule has 1 aliphatic rings. The SMILES string of the molecule is Cc1ccc(-c2nc(C3=C(O)CN(CCOC(C)C)C3=N)sc2C)cc1. The van der Waals surface area contributed by atoms with Gasteiger partial charge in [-0.05, 0) is 27.7 Å². The van der Waals surface area contributed by atoms with Crippen LogP contribution >= 0.6 is 11.3 Å². The summed E-state index contributed by atoms with van der Waals surface area (Å²) in [5.74, 6) is 0.530. The molecule has 3 rings (SSSR count). The minimum absolute atomic E-state index is 0.159. The summed E-state index contributed by atoms with van der Waals surface area (Å²) >= 11 is 1.52. The molecular weight excluding hydrogens is 346 g/mol. The van der Waals surface area contributed by atoms with Gasteiger partial charge < -0.3 is 14.7 Å². The fraction of sp³-hybridized carbons (Fsp3) is 0.400. The Kier molecular flexibility index (Phi) is 5.44.